The number of para-hydroxylation sites is 1. The molecule has 1 aliphatic rings. The highest BCUT2D eigenvalue weighted by Crippen LogP contribution is 2.28. The first-order valence-electron chi connectivity index (χ1n) is 10.8. The average molecular weight is 400 g/mol. The maximum absolute atomic E-state index is 12.8. The van der Waals surface area contributed by atoms with E-state index in [1.54, 1.807) is 0 Å². The van der Waals surface area contributed by atoms with Gasteiger partial charge < -0.3 is 15.5 Å². The molecule has 1 saturated heterocycles. The summed E-state index contributed by atoms with van der Waals surface area (Å²) in [6.07, 6.45) is 3.86. The Bertz CT molecular complexity index is 963. The van der Waals surface area contributed by atoms with Gasteiger partial charge in [0.1, 0.15) is 6.04 Å². The van der Waals surface area contributed by atoms with Crippen molar-refractivity contribution < 1.29 is 4.79 Å². The predicted octanol–water partition coefficient (Wildman–Crippen LogP) is 5.78. The Morgan fingerprint density at radius 3 is 2.23 bits per heavy atom. The first-order valence-corrected chi connectivity index (χ1v) is 10.8. The highest BCUT2D eigenvalue weighted by molar-refractivity contribution is 5.99. The number of nitrogens with one attached hydrogen (secondary N) is 2. The van der Waals surface area contributed by atoms with Crippen molar-refractivity contribution in [3.8, 4) is 11.1 Å². The molecular formula is C26H29N3O. The van der Waals surface area contributed by atoms with Crippen LogP contribution in [0.5, 0.6) is 0 Å². The van der Waals surface area contributed by atoms with Crippen LogP contribution in [0.3, 0.4) is 0 Å². The Morgan fingerprint density at radius 2 is 1.50 bits per heavy atom. The quantitative estimate of drug-likeness (QED) is 0.552. The molecule has 1 heterocycles. The molecule has 3 aromatic rings. The number of carbonyl (C=O) groups is 1. The van der Waals surface area contributed by atoms with E-state index < -0.39 is 0 Å². The van der Waals surface area contributed by atoms with E-state index in [4.69, 9.17) is 0 Å². The van der Waals surface area contributed by atoms with Crippen LogP contribution in [0.25, 0.3) is 11.1 Å². The molecule has 1 amide bonds. The summed E-state index contributed by atoms with van der Waals surface area (Å²) in [5.41, 5.74) is 5.14. The first kappa shape index (κ1) is 20.0. The Labute approximate surface area is 178 Å². The summed E-state index contributed by atoms with van der Waals surface area (Å²) in [5.74, 6) is -0.0570. The van der Waals surface area contributed by atoms with E-state index in [0.717, 1.165) is 35.6 Å². The van der Waals surface area contributed by atoms with E-state index in [1.165, 1.54) is 24.9 Å². The van der Waals surface area contributed by atoms with Crippen LogP contribution in [0.15, 0.2) is 78.9 Å². The summed E-state index contributed by atoms with van der Waals surface area (Å²) in [5, 5.41) is 6.40. The summed E-state index contributed by atoms with van der Waals surface area (Å²) in [6, 6.07) is 26.1. The lowest BCUT2D eigenvalue weighted by Crippen LogP contribution is -2.32. The molecule has 0 aliphatic carbocycles. The Balaban J connectivity index is 1.40. The zero-order valence-electron chi connectivity index (χ0n) is 17.5. The molecule has 0 aromatic heterocycles. The monoisotopic (exact) mass is 399 g/mol. The van der Waals surface area contributed by atoms with Gasteiger partial charge in [0, 0.05) is 35.7 Å². The molecule has 0 spiro atoms. The zero-order chi connectivity index (χ0) is 20.8. The highest BCUT2D eigenvalue weighted by Gasteiger charge is 2.16. The molecule has 2 N–H and O–H groups in total. The molecule has 1 fully saturated rings. The number of piperidine rings is 1. The van der Waals surface area contributed by atoms with Gasteiger partial charge in [0.05, 0.1) is 0 Å². The van der Waals surface area contributed by atoms with Gasteiger partial charge in [-0.1, -0.05) is 48.5 Å². The van der Waals surface area contributed by atoms with Gasteiger partial charge in [0.25, 0.3) is 0 Å². The van der Waals surface area contributed by atoms with Gasteiger partial charge in [-0.2, -0.15) is 0 Å². The maximum atomic E-state index is 12.8. The van der Waals surface area contributed by atoms with Crippen LogP contribution in [0, 0.1) is 0 Å². The van der Waals surface area contributed by atoms with Gasteiger partial charge in [0.2, 0.25) is 5.91 Å². The molecule has 3 aromatic carbocycles. The van der Waals surface area contributed by atoms with Crippen LogP contribution in [0.1, 0.15) is 26.2 Å². The van der Waals surface area contributed by atoms with Crippen LogP contribution in [0.4, 0.5) is 17.1 Å². The molecule has 1 aliphatic heterocycles. The van der Waals surface area contributed by atoms with Crippen molar-refractivity contribution in [1.29, 1.82) is 0 Å². The minimum Gasteiger partial charge on any atom is -0.374 e. The summed E-state index contributed by atoms with van der Waals surface area (Å²) in [4.78, 5) is 15.3. The third-order valence-corrected chi connectivity index (χ3v) is 5.63. The second-order valence-electron chi connectivity index (χ2n) is 7.86. The Hall–Kier alpha value is -3.27. The number of anilines is 3. The molecular weight excluding hydrogens is 370 g/mol. The van der Waals surface area contributed by atoms with Gasteiger partial charge in [-0.3, -0.25) is 4.79 Å². The first-order chi connectivity index (χ1) is 14.7. The molecule has 1 atom stereocenters. The SMILES string of the molecule is C[C@H](Nc1ccc(N2CCCCC2)cc1)C(=O)Nc1ccccc1-c1ccccc1. The maximum Gasteiger partial charge on any atom is 0.246 e. The lowest BCUT2D eigenvalue weighted by atomic mass is 10.0. The van der Waals surface area contributed by atoms with Crippen molar-refractivity contribution in [3.05, 3.63) is 78.9 Å². The second kappa shape index (κ2) is 9.49. The molecule has 4 nitrogen and oxygen atoms in total. The third-order valence-electron chi connectivity index (χ3n) is 5.63. The van der Waals surface area contributed by atoms with E-state index in [1.807, 2.05) is 49.4 Å². The second-order valence-corrected chi connectivity index (χ2v) is 7.86. The summed E-state index contributed by atoms with van der Waals surface area (Å²) in [7, 11) is 0. The normalized spacial score (nSPS) is 14.8. The van der Waals surface area contributed by atoms with Gasteiger partial charge in [-0.25, -0.2) is 0 Å². The number of nitrogens with zero attached hydrogens (tertiary/aromatic N) is 1. The van der Waals surface area contributed by atoms with Crippen LogP contribution in [-0.2, 0) is 4.79 Å². The van der Waals surface area contributed by atoms with Crippen LogP contribution < -0.4 is 15.5 Å². The van der Waals surface area contributed by atoms with Crippen molar-refractivity contribution in [1.82, 2.24) is 0 Å². The summed E-state index contributed by atoms with van der Waals surface area (Å²) < 4.78 is 0. The number of benzene rings is 3. The fourth-order valence-electron chi connectivity index (χ4n) is 3.94. The molecule has 154 valence electrons. The van der Waals surface area contributed by atoms with E-state index in [2.05, 4.69) is 51.9 Å². The van der Waals surface area contributed by atoms with Crippen LogP contribution in [0.2, 0.25) is 0 Å². The third kappa shape index (κ3) is 4.82. The van der Waals surface area contributed by atoms with Gasteiger partial charge in [-0.05, 0) is 62.1 Å². The molecule has 0 radical (unpaired) electrons. The summed E-state index contributed by atoms with van der Waals surface area (Å²) in [6.45, 7) is 4.15. The molecule has 30 heavy (non-hydrogen) atoms. The molecule has 0 bridgehead atoms. The lowest BCUT2D eigenvalue weighted by Gasteiger charge is -2.29. The molecule has 0 unspecified atom stereocenters. The fraction of sp³-hybridized carbons (Fsp3) is 0.269. The fourth-order valence-corrected chi connectivity index (χ4v) is 3.94. The van der Waals surface area contributed by atoms with Crippen molar-refractivity contribution in [2.45, 2.75) is 32.2 Å². The lowest BCUT2D eigenvalue weighted by molar-refractivity contribution is -0.116. The van der Waals surface area contributed by atoms with E-state index in [9.17, 15) is 4.79 Å². The number of carbonyl (C=O) groups excluding carboxylic acids is 1. The highest BCUT2D eigenvalue weighted by atomic mass is 16.2. The molecule has 4 heteroatoms. The minimum absolute atomic E-state index is 0.0570. The van der Waals surface area contributed by atoms with Gasteiger partial charge in [0.15, 0.2) is 0 Å². The number of hydrogen-bond acceptors (Lipinski definition) is 3. The molecule has 4 rings (SSSR count). The van der Waals surface area contributed by atoms with Crippen LogP contribution >= 0.6 is 0 Å². The smallest absolute Gasteiger partial charge is 0.246 e. The summed E-state index contributed by atoms with van der Waals surface area (Å²) >= 11 is 0. The van der Waals surface area contributed by atoms with Crippen LogP contribution in [-0.4, -0.2) is 25.0 Å². The predicted molar refractivity (Wildman–Crippen MR) is 126 cm³/mol. The van der Waals surface area contributed by atoms with E-state index in [-0.39, 0.29) is 11.9 Å². The Kier molecular flexibility index (Phi) is 6.33. The van der Waals surface area contributed by atoms with Crippen molar-refractivity contribution in [2.75, 3.05) is 28.6 Å². The molecule has 0 saturated carbocycles. The number of amides is 1. The minimum atomic E-state index is -0.352. The number of hydrogen-bond donors (Lipinski definition) is 2. The topological polar surface area (TPSA) is 44.4 Å². The van der Waals surface area contributed by atoms with Crippen molar-refractivity contribution in [3.63, 3.8) is 0 Å². The Morgan fingerprint density at radius 1 is 0.833 bits per heavy atom. The zero-order valence-corrected chi connectivity index (χ0v) is 17.5. The van der Waals surface area contributed by atoms with Gasteiger partial charge in [-0.15, -0.1) is 0 Å². The largest absolute Gasteiger partial charge is 0.374 e. The van der Waals surface area contributed by atoms with E-state index >= 15 is 0 Å². The number of rotatable bonds is 6. The average Bonchev–Trinajstić information content (AvgIpc) is 2.81. The van der Waals surface area contributed by atoms with Crippen molar-refractivity contribution >= 4 is 23.0 Å². The van der Waals surface area contributed by atoms with E-state index in [0.29, 0.717) is 0 Å². The van der Waals surface area contributed by atoms with Crippen molar-refractivity contribution in [2.24, 2.45) is 0 Å². The van der Waals surface area contributed by atoms with Gasteiger partial charge >= 0.3 is 0 Å². The standard InChI is InChI=1S/C26H29N3O/c1-20(27-22-14-16-23(17-15-22)29-18-8-3-9-19-29)26(30)28-25-13-7-6-12-24(25)21-10-4-2-5-11-21/h2,4-7,10-17,20,27H,3,8-9,18-19H2,1H3,(H,28,30)/t20-/m0/s1.